The van der Waals surface area contributed by atoms with E-state index in [0.717, 1.165) is 33.3 Å². The number of imidazole rings is 1. The van der Waals surface area contributed by atoms with Crippen LogP contribution in [-0.4, -0.2) is 15.0 Å². The average Bonchev–Trinajstić information content (AvgIpc) is 3.17. The third kappa shape index (κ3) is 3.27. The Morgan fingerprint density at radius 1 is 0.931 bits per heavy atom. The van der Waals surface area contributed by atoms with Crippen molar-refractivity contribution in [1.82, 2.24) is 15.0 Å². The number of ether oxygens (including phenoxy) is 1. The van der Waals surface area contributed by atoms with Gasteiger partial charge in [-0.2, -0.15) is 5.26 Å². The predicted molar refractivity (Wildman–Crippen MR) is 113 cm³/mol. The van der Waals surface area contributed by atoms with Gasteiger partial charge >= 0.3 is 0 Å². The SMILES string of the molecule is N#Cc1ccc2nc(-c3ccc(Oc4ccnc5cc(Cl)ccc45)cc3)[nH]c2c1. The molecule has 5 nitrogen and oxygen atoms in total. The Balaban J connectivity index is 1.44. The van der Waals surface area contributed by atoms with Gasteiger partial charge in [-0.1, -0.05) is 11.6 Å². The maximum absolute atomic E-state index is 9.04. The van der Waals surface area contributed by atoms with Gasteiger partial charge in [0.25, 0.3) is 0 Å². The molecule has 2 aromatic heterocycles. The number of fused-ring (bicyclic) bond motifs is 2. The molecule has 0 unspecified atom stereocenters. The molecule has 0 saturated heterocycles. The van der Waals surface area contributed by atoms with Crippen LogP contribution < -0.4 is 4.74 Å². The molecular weight excluding hydrogens is 384 g/mol. The lowest BCUT2D eigenvalue weighted by Crippen LogP contribution is -1.88. The molecule has 5 aromatic rings. The Hall–Kier alpha value is -3.88. The summed E-state index contributed by atoms with van der Waals surface area (Å²) in [6.45, 7) is 0. The fraction of sp³-hybridized carbons (Fsp3) is 0. The van der Waals surface area contributed by atoms with Crippen LogP contribution in [0.2, 0.25) is 5.02 Å². The number of aromatic nitrogens is 3. The van der Waals surface area contributed by atoms with Crippen LogP contribution in [-0.2, 0) is 0 Å². The van der Waals surface area contributed by atoms with Crippen molar-refractivity contribution in [3.05, 3.63) is 83.5 Å². The number of hydrogen-bond acceptors (Lipinski definition) is 4. The monoisotopic (exact) mass is 396 g/mol. The molecule has 5 rings (SSSR count). The molecule has 0 aliphatic carbocycles. The average molecular weight is 397 g/mol. The van der Waals surface area contributed by atoms with Crippen molar-refractivity contribution < 1.29 is 4.74 Å². The highest BCUT2D eigenvalue weighted by atomic mass is 35.5. The van der Waals surface area contributed by atoms with Gasteiger partial charge < -0.3 is 9.72 Å². The third-order valence-corrected chi connectivity index (χ3v) is 4.87. The molecule has 138 valence electrons. The quantitative estimate of drug-likeness (QED) is 0.400. The van der Waals surface area contributed by atoms with Crippen LogP contribution in [0.25, 0.3) is 33.3 Å². The number of hydrogen-bond donors (Lipinski definition) is 1. The van der Waals surface area contributed by atoms with Crippen LogP contribution in [0.3, 0.4) is 0 Å². The maximum Gasteiger partial charge on any atom is 0.138 e. The Kier molecular flexibility index (Phi) is 4.12. The van der Waals surface area contributed by atoms with Crippen molar-refractivity contribution in [3.63, 3.8) is 0 Å². The number of rotatable bonds is 3. The molecule has 6 heteroatoms. The number of nitriles is 1. The molecule has 0 aliphatic heterocycles. The third-order valence-electron chi connectivity index (χ3n) is 4.63. The van der Waals surface area contributed by atoms with Crippen LogP contribution >= 0.6 is 11.6 Å². The van der Waals surface area contributed by atoms with Gasteiger partial charge in [0.2, 0.25) is 0 Å². The standard InChI is InChI=1S/C23H13ClN4O/c24-16-4-7-18-20(12-16)26-10-9-22(18)29-17-5-2-15(3-6-17)23-27-19-8-1-14(13-25)11-21(19)28-23/h1-12H,(H,27,28). The van der Waals surface area contributed by atoms with E-state index in [1.807, 2.05) is 54.6 Å². The zero-order chi connectivity index (χ0) is 19.8. The Morgan fingerprint density at radius 2 is 1.79 bits per heavy atom. The van der Waals surface area contributed by atoms with E-state index in [0.29, 0.717) is 22.1 Å². The summed E-state index contributed by atoms with van der Waals surface area (Å²) in [6.07, 6.45) is 1.70. The van der Waals surface area contributed by atoms with Gasteiger partial charge in [0.05, 0.1) is 28.2 Å². The van der Waals surface area contributed by atoms with Crippen molar-refractivity contribution in [2.75, 3.05) is 0 Å². The summed E-state index contributed by atoms with van der Waals surface area (Å²) in [5.74, 6) is 2.16. The molecule has 0 fully saturated rings. The van der Waals surface area contributed by atoms with E-state index in [9.17, 15) is 0 Å². The van der Waals surface area contributed by atoms with E-state index >= 15 is 0 Å². The largest absolute Gasteiger partial charge is 0.457 e. The van der Waals surface area contributed by atoms with Crippen LogP contribution in [0.5, 0.6) is 11.5 Å². The summed E-state index contributed by atoms with van der Waals surface area (Å²) in [5.41, 5.74) is 3.97. The Labute approximate surface area is 171 Å². The minimum atomic E-state index is 0.599. The summed E-state index contributed by atoms with van der Waals surface area (Å²) in [4.78, 5) is 12.2. The highest BCUT2D eigenvalue weighted by Gasteiger charge is 2.08. The summed E-state index contributed by atoms with van der Waals surface area (Å²) < 4.78 is 6.06. The van der Waals surface area contributed by atoms with Crippen molar-refractivity contribution in [1.29, 1.82) is 5.26 Å². The van der Waals surface area contributed by atoms with Crippen LogP contribution in [0.1, 0.15) is 5.56 Å². The fourth-order valence-corrected chi connectivity index (χ4v) is 3.37. The van der Waals surface area contributed by atoms with E-state index < -0.39 is 0 Å². The second kappa shape index (κ2) is 6.93. The second-order valence-electron chi connectivity index (χ2n) is 6.53. The molecule has 0 atom stereocenters. The van der Waals surface area contributed by atoms with E-state index in [2.05, 4.69) is 21.0 Å². The smallest absolute Gasteiger partial charge is 0.138 e. The molecule has 1 N–H and O–H groups in total. The topological polar surface area (TPSA) is 74.6 Å². The van der Waals surface area contributed by atoms with E-state index in [4.69, 9.17) is 21.6 Å². The molecular formula is C23H13ClN4O. The van der Waals surface area contributed by atoms with Crippen LogP contribution in [0, 0.1) is 11.3 Å². The molecule has 0 aliphatic rings. The lowest BCUT2D eigenvalue weighted by molar-refractivity contribution is 0.488. The maximum atomic E-state index is 9.04. The van der Waals surface area contributed by atoms with Crippen molar-refractivity contribution >= 4 is 33.5 Å². The van der Waals surface area contributed by atoms with Gasteiger partial charge in [-0.25, -0.2) is 4.98 Å². The molecule has 0 saturated carbocycles. The zero-order valence-corrected chi connectivity index (χ0v) is 15.8. The highest BCUT2D eigenvalue weighted by Crippen LogP contribution is 2.31. The van der Waals surface area contributed by atoms with E-state index in [-0.39, 0.29) is 0 Å². The molecule has 3 aromatic carbocycles. The first-order valence-corrected chi connectivity index (χ1v) is 9.30. The van der Waals surface area contributed by atoms with Crippen molar-refractivity contribution in [2.24, 2.45) is 0 Å². The van der Waals surface area contributed by atoms with Crippen molar-refractivity contribution in [2.45, 2.75) is 0 Å². The summed E-state index contributed by atoms with van der Waals surface area (Å²) in [6, 6.07) is 22.6. The Morgan fingerprint density at radius 3 is 2.62 bits per heavy atom. The lowest BCUT2D eigenvalue weighted by atomic mass is 10.2. The molecule has 2 heterocycles. The zero-order valence-electron chi connectivity index (χ0n) is 15.1. The van der Waals surface area contributed by atoms with Crippen LogP contribution in [0.4, 0.5) is 0 Å². The van der Waals surface area contributed by atoms with Gasteiger partial charge in [-0.05, 0) is 66.7 Å². The molecule has 0 radical (unpaired) electrons. The normalized spacial score (nSPS) is 10.9. The number of nitrogens with one attached hydrogen (secondary N) is 1. The Bertz CT molecular complexity index is 1400. The number of nitrogens with zero attached hydrogens (tertiary/aromatic N) is 3. The van der Waals surface area contributed by atoms with Gasteiger partial charge in [0, 0.05) is 22.2 Å². The number of H-pyrrole nitrogens is 1. The van der Waals surface area contributed by atoms with Gasteiger partial charge in [-0.15, -0.1) is 0 Å². The summed E-state index contributed by atoms with van der Waals surface area (Å²) >= 11 is 6.05. The fourth-order valence-electron chi connectivity index (χ4n) is 3.21. The molecule has 0 bridgehead atoms. The van der Waals surface area contributed by atoms with Crippen molar-refractivity contribution in [3.8, 4) is 29.0 Å². The molecule has 0 spiro atoms. The number of aromatic amines is 1. The lowest BCUT2D eigenvalue weighted by Gasteiger charge is -2.09. The summed E-state index contributed by atoms with van der Waals surface area (Å²) in [5, 5.41) is 10.6. The van der Waals surface area contributed by atoms with Gasteiger partial charge in [0.15, 0.2) is 0 Å². The number of pyridine rings is 1. The van der Waals surface area contributed by atoms with Gasteiger partial charge in [-0.3, -0.25) is 4.98 Å². The number of halogens is 1. The number of benzene rings is 3. The highest BCUT2D eigenvalue weighted by molar-refractivity contribution is 6.31. The first kappa shape index (κ1) is 17.2. The second-order valence-corrected chi connectivity index (χ2v) is 6.96. The first-order chi connectivity index (χ1) is 14.2. The molecule has 0 amide bonds. The van der Waals surface area contributed by atoms with Crippen LogP contribution in [0.15, 0.2) is 72.9 Å². The molecule has 29 heavy (non-hydrogen) atoms. The van der Waals surface area contributed by atoms with Gasteiger partial charge in [0.1, 0.15) is 17.3 Å². The van der Waals surface area contributed by atoms with E-state index in [1.165, 1.54) is 0 Å². The first-order valence-electron chi connectivity index (χ1n) is 8.92. The summed E-state index contributed by atoms with van der Waals surface area (Å²) in [7, 11) is 0. The minimum absolute atomic E-state index is 0.599. The van der Waals surface area contributed by atoms with E-state index in [1.54, 1.807) is 18.3 Å². The predicted octanol–water partition coefficient (Wildman–Crippen LogP) is 6.10. The minimum Gasteiger partial charge on any atom is -0.457 e.